The van der Waals surface area contributed by atoms with E-state index in [1.54, 1.807) is 4.90 Å². The molecule has 0 bridgehead atoms. The van der Waals surface area contributed by atoms with Gasteiger partial charge in [0.1, 0.15) is 10.8 Å². The Morgan fingerprint density at radius 3 is 2.88 bits per heavy atom. The second-order valence-electron chi connectivity index (χ2n) is 5.54. The standard InChI is InChI=1S/C15H18ClN3O5/c1-10(20)17-11-3-2-6-18(8-11)15(21)9-24-12-4-5-14(19(22)23)13(16)7-12/h4-5,7,11H,2-3,6,8-9H2,1H3,(H,17,20). The number of carbonyl (C=O) groups excluding carboxylic acids is 2. The second-order valence-corrected chi connectivity index (χ2v) is 5.95. The van der Waals surface area contributed by atoms with Crippen molar-refractivity contribution >= 4 is 29.1 Å². The molecule has 1 N–H and O–H groups in total. The highest BCUT2D eigenvalue weighted by Gasteiger charge is 2.24. The Morgan fingerprint density at radius 2 is 2.25 bits per heavy atom. The summed E-state index contributed by atoms with van der Waals surface area (Å²) >= 11 is 5.80. The van der Waals surface area contributed by atoms with Gasteiger partial charge in [0.05, 0.1) is 4.92 Å². The van der Waals surface area contributed by atoms with Crippen LogP contribution in [0.3, 0.4) is 0 Å². The SMILES string of the molecule is CC(=O)NC1CCCN(C(=O)COc2ccc([N+](=O)[O-])c(Cl)c2)C1. The number of nitrogens with one attached hydrogen (secondary N) is 1. The summed E-state index contributed by atoms with van der Waals surface area (Å²) in [6, 6.07) is 3.89. The van der Waals surface area contributed by atoms with Gasteiger partial charge in [-0.05, 0) is 18.9 Å². The summed E-state index contributed by atoms with van der Waals surface area (Å²) in [5.74, 6) is -0.0417. The third-order valence-corrected chi connectivity index (χ3v) is 3.96. The van der Waals surface area contributed by atoms with Gasteiger partial charge >= 0.3 is 0 Å². The van der Waals surface area contributed by atoms with Crippen LogP contribution in [0.1, 0.15) is 19.8 Å². The summed E-state index contributed by atoms with van der Waals surface area (Å²) in [6.07, 6.45) is 1.64. The van der Waals surface area contributed by atoms with Gasteiger partial charge in [0, 0.05) is 38.2 Å². The summed E-state index contributed by atoms with van der Waals surface area (Å²) in [4.78, 5) is 35.1. The van der Waals surface area contributed by atoms with Crippen LogP contribution in [0.25, 0.3) is 0 Å². The largest absolute Gasteiger partial charge is 0.484 e. The highest BCUT2D eigenvalue weighted by atomic mass is 35.5. The topological polar surface area (TPSA) is 102 Å². The van der Waals surface area contributed by atoms with Gasteiger partial charge in [-0.1, -0.05) is 11.6 Å². The van der Waals surface area contributed by atoms with Gasteiger partial charge in [0.2, 0.25) is 5.91 Å². The quantitative estimate of drug-likeness (QED) is 0.640. The molecule has 2 rings (SSSR count). The zero-order valence-electron chi connectivity index (χ0n) is 13.2. The molecule has 1 aromatic rings. The molecule has 8 nitrogen and oxygen atoms in total. The minimum absolute atomic E-state index is 0.0472. The molecular weight excluding hydrogens is 338 g/mol. The first-order valence-corrected chi connectivity index (χ1v) is 7.86. The van der Waals surface area contributed by atoms with Crippen LogP contribution < -0.4 is 10.1 Å². The lowest BCUT2D eigenvalue weighted by Gasteiger charge is -2.32. The minimum Gasteiger partial charge on any atom is -0.484 e. The number of benzene rings is 1. The van der Waals surface area contributed by atoms with Gasteiger partial charge in [-0.25, -0.2) is 0 Å². The van der Waals surface area contributed by atoms with Crippen LogP contribution in [0.5, 0.6) is 5.75 Å². The first-order valence-electron chi connectivity index (χ1n) is 7.48. The maximum atomic E-state index is 12.2. The van der Waals surface area contributed by atoms with Crippen molar-refractivity contribution in [2.45, 2.75) is 25.8 Å². The van der Waals surface area contributed by atoms with Gasteiger partial charge in [-0.2, -0.15) is 0 Å². The Labute approximate surface area is 143 Å². The average Bonchev–Trinajstić information content (AvgIpc) is 2.52. The van der Waals surface area contributed by atoms with Crippen molar-refractivity contribution in [2.24, 2.45) is 0 Å². The van der Waals surface area contributed by atoms with E-state index < -0.39 is 4.92 Å². The molecule has 130 valence electrons. The van der Waals surface area contributed by atoms with Crippen molar-refractivity contribution < 1.29 is 19.2 Å². The summed E-state index contributed by atoms with van der Waals surface area (Å²) in [5, 5.41) is 13.5. The molecule has 1 heterocycles. The predicted octanol–water partition coefficient (Wildman–Crippen LogP) is 1.75. The number of halogens is 1. The lowest BCUT2D eigenvalue weighted by molar-refractivity contribution is -0.384. The molecule has 1 aromatic carbocycles. The molecule has 0 aromatic heterocycles. The number of nitro groups is 1. The van der Waals surface area contributed by atoms with Gasteiger partial charge in [-0.15, -0.1) is 0 Å². The van der Waals surface area contributed by atoms with Crippen molar-refractivity contribution in [1.29, 1.82) is 0 Å². The third-order valence-electron chi connectivity index (χ3n) is 3.66. The number of amides is 2. The Kier molecular flexibility index (Phi) is 5.97. The number of likely N-dealkylation sites (tertiary alicyclic amines) is 1. The van der Waals surface area contributed by atoms with Gasteiger partial charge < -0.3 is 15.0 Å². The van der Waals surface area contributed by atoms with Crippen molar-refractivity contribution in [3.8, 4) is 5.75 Å². The van der Waals surface area contributed by atoms with Gasteiger partial charge in [-0.3, -0.25) is 19.7 Å². The van der Waals surface area contributed by atoms with E-state index in [4.69, 9.17) is 16.3 Å². The number of hydrogen-bond acceptors (Lipinski definition) is 5. The maximum Gasteiger partial charge on any atom is 0.288 e. The third kappa shape index (κ3) is 4.82. The molecule has 0 saturated carbocycles. The molecule has 1 fully saturated rings. The first kappa shape index (κ1) is 18.0. The molecule has 0 radical (unpaired) electrons. The summed E-state index contributed by atoms with van der Waals surface area (Å²) in [6.45, 7) is 2.31. The highest BCUT2D eigenvalue weighted by molar-refractivity contribution is 6.32. The summed E-state index contributed by atoms with van der Waals surface area (Å²) < 4.78 is 5.37. The van der Waals surface area contributed by atoms with Crippen molar-refractivity contribution in [3.05, 3.63) is 33.3 Å². The van der Waals surface area contributed by atoms with E-state index in [0.29, 0.717) is 13.1 Å². The number of hydrogen-bond donors (Lipinski definition) is 1. The van der Waals surface area contributed by atoms with E-state index in [2.05, 4.69) is 5.32 Å². The van der Waals surface area contributed by atoms with Gasteiger partial charge in [0.25, 0.3) is 11.6 Å². The molecule has 24 heavy (non-hydrogen) atoms. The Morgan fingerprint density at radius 1 is 1.50 bits per heavy atom. The van der Waals surface area contributed by atoms with Crippen molar-refractivity contribution in [3.63, 3.8) is 0 Å². The number of rotatable bonds is 5. The summed E-state index contributed by atoms with van der Waals surface area (Å²) in [7, 11) is 0. The van der Waals surface area contributed by atoms with Crippen LogP contribution in [0, 0.1) is 10.1 Å². The van der Waals surface area contributed by atoms with Crippen molar-refractivity contribution in [2.75, 3.05) is 19.7 Å². The Bertz CT molecular complexity index is 652. The Hall–Kier alpha value is -2.35. The number of carbonyl (C=O) groups is 2. The van der Waals surface area contributed by atoms with Crippen molar-refractivity contribution in [1.82, 2.24) is 10.2 Å². The monoisotopic (exact) mass is 355 g/mol. The normalized spacial score (nSPS) is 17.2. The first-order chi connectivity index (χ1) is 11.4. The van der Waals surface area contributed by atoms with Crippen LogP contribution in [-0.2, 0) is 9.59 Å². The summed E-state index contributed by atoms with van der Waals surface area (Å²) in [5.41, 5.74) is -0.218. The van der Waals surface area contributed by atoms with Crippen LogP contribution in [0.15, 0.2) is 18.2 Å². The lowest BCUT2D eigenvalue weighted by atomic mass is 10.1. The van der Waals surface area contributed by atoms with E-state index in [1.165, 1.54) is 25.1 Å². The zero-order valence-corrected chi connectivity index (χ0v) is 13.9. The van der Waals surface area contributed by atoms with E-state index >= 15 is 0 Å². The fourth-order valence-corrected chi connectivity index (χ4v) is 2.81. The van der Waals surface area contributed by atoms with Crippen LogP contribution in [0.4, 0.5) is 5.69 Å². The molecule has 0 spiro atoms. The molecule has 1 saturated heterocycles. The van der Waals surface area contributed by atoms with Gasteiger partial charge in [0.15, 0.2) is 6.61 Å². The number of piperidine rings is 1. The number of ether oxygens (including phenoxy) is 1. The molecule has 2 amide bonds. The van der Waals surface area contributed by atoms with E-state index in [9.17, 15) is 19.7 Å². The van der Waals surface area contributed by atoms with E-state index in [0.717, 1.165) is 12.8 Å². The Balaban J connectivity index is 1.89. The molecule has 1 unspecified atom stereocenters. The fraction of sp³-hybridized carbons (Fsp3) is 0.467. The van der Waals surface area contributed by atoms with Crippen LogP contribution >= 0.6 is 11.6 Å². The lowest BCUT2D eigenvalue weighted by Crippen LogP contribution is -2.50. The number of nitrogens with zero attached hydrogens (tertiary/aromatic N) is 2. The van der Waals surface area contributed by atoms with Crippen LogP contribution in [-0.4, -0.2) is 47.4 Å². The molecular formula is C15H18ClN3O5. The second kappa shape index (κ2) is 7.96. The average molecular weight is 356 g/mol. The molecule has 9 heteroatoms. The smallest absolute Gasteiger partial charge is 0.288 e. The fourth-order valence-electron chi connectivity index (χ4n) is 2.57. The molecule has 1 aliphatic rings. The van der Waals surface area contributed by atoms with E-state index in [1.807, 2.05) is 0 Å². The highest BCUT2D eigenvalue weighted by Crippen LogP contribution is 2.28. The molecule has 0 aliphatic carbocycles. The maximum absolute atomic E-state index is 12.2. The number of nitro benzene ring substituents is 1. The predicted molar refractivity (Wildman–Crippen MR) is 87.0 cm³/mol. The minimum atomic E-state index is -0.590. The van der Waals surface area contributed by atoms with E-state index in [-0.39, 0.29) is 40.9 Å². The molecule has 1 atom stereocenters. The molecule has 1 aliphatic heterocycles. The van der Waals surface area contributed by atoms with Crippen LogP contribution in [0.2, 0.25) is 5.02 Å². The zero-order chi connectivity index (χ0) is 17.7.